The van der Waals surface area contributed by atoms with Crippen molar-refractivity contribution in [2.45, 2.75) is 0 Å². The summed E-state index contributed by atoms with van der Waals surface area (Å²) in [5.41, 5.74) is 0. The summed E-state index contributed by atoms with van der Waals surface area (Å²) in [6.07, 6.45) is 0. The molecule has 2 unspecified atom stereocenters. The smallest absolute Gasteiger partial charge is 0.301 e. The highest BCUT2D eigenvalue weighted by Gasteiger charge is 2.39. The molecule has 1 heterocycles. The first-order valence-electron chi connectivity index (χ1n) is 2.33. The highest BCUT2D eigenvalue weighted by Crippen LogP contribution is 2.60. The summed E-state index contributed by atoms with van der Waals surface area (Å²) in [4.78, 5) is 17.0. The van der Waals surface area contributed by atoms with Crippen LogP contribution in [0.15, 0.2) is 0 Å². The molecule has 13 heavy (non-hydrogen) atoms. The predicted molar refractivity (Wildman–Crippen MR) is 27.2 cm³/mol. The Labute approximate surface area is 69.5 Å². The number of hydrogen-bond donors (Lipinski definition) is 2. The highest BCUT2D eigenvalue weighted by molar-refractivity contribution is 7.61. The van der Waals surface area contributed by atoms with Crippen LogP contribution in [-0.4, -0.2) is 9.79 Å². The molecule has 0 aromatic rings. The minimum absolute atomic E-state index is 3.37. The zero-order valence-electron chi connectivity index (χ0n) is 5.46. The average molecular weight is 240 g/mol. The Bertz CT molecular complexity index is 227. The van der Waals surface area contributed by atoms with Gasteiger partial charge in [0.05, 0.1) is 0 Å². The van der Waals surface area contributed by atoms with Crippen molar-refractivity contribution in [1.82, 2.24) is 0 Å². The second kappa shape index (κ2) is 4.09. The summed E-state index contributed by atoms with van der Waals surface area (Å²) >= 11 is 0. The van der Waals surface area contributed by atoms with Gasteiger partial charge in [0.1, 0.15) is 0 Å². The Hall–Kier alpha value is 0.1000. The van der Waals surface area contributed by atoms with Crippen LogP contribution in [0.1, 0.15) is 0 Å². The van der Waals surface area contributed by atoms with Gasteiger partial charge in [-0.2, -0.15) is 4.31 Å². The largest absolute Gasteiger partial charge is 0.510 e. The van der Waals surface area contributed by atoms with E-state index in [1.807, 2.05) is 0 Å². The lowest BCUT2D eigenvalue weighted by molar-refractivity contribution is -0.734. The molecule has 0 saturated carbocycles. The van der Waals surface area contributed by atoms with E-state index in [9.17, 15) is 9.13 Å². The fourth-order valence-electron chi connectivity index (χ4n) is 0.282. The van der Waals surface area contributed by atoms with Gasteiger partial charge in [-0.1, -0.05) is 9.35 Å². The molecule has 0 aliphatic carbocycles. The summed E-state index contributed by atoms with van der Waals surface area (Å²) in [5, 5.41) is 13.5. The van der Waals surface area contributed by atoms with E-state index in [1.165, 1.54) is 0 Å². The zero-order chi connectivity index (χ0) is 9.95. The fraction of sp³-hybridized carbons (Fsp3) is 0. The molecule has 1 saturated heterocycles. The third-order valence-electron chi connectivity index (χ3n) is 0.539. The van der Waals surface area contributed by atoms with E-state index >= 15 is 0 Å². The second-order valence-corrected chi connectivity index (χ2v) is 4.27. The Morgan fingerprint density at radius 1 is 0.769 bits per heavy atom. The van der Waals surface area contributed by atoms with Crippen LogP contribution >= 0.6 is 15.6 Å². The molecule has 11 nitrogen and oxygen atoms in total. The summed E-state index contributed by atoms with van der Waals surface area (Å²) in [6.45, 7) is 0. The molecule has 2 atom stereocenters. The molecule has 2 N–H and O–H groups in total. The van der Waals surface area contributed by atoms with Crippen LogP contribution in [0.25, 0.3) is 0 Å². The molecule has 0 aromatic heterocycles. The van der Waals surface area contributed by atoms with E-state index in [0.29, 0.717) is 0 Å². The van der Waals surface area contributed by atoms with Crippen LogP contribution in [0.2, 0.25) is 0 Å². The summed E-state index contributed by atoms with van der Waals surface area (Å²) in [7, 11) is -9.90. The van der Waals surface area contributed by atoms with Gasteiger partial charge in [0.25, 0.3) is 0 Å². The van der Waals surface area contributed by atoms with Crippen molar-refractivity contribution >= 4 is 15.6 Å². The topological polar surface area (TPSA) is 139 Å². The molecule has 0 aromatic carbocycles. The van der Waals surface area contributed by atoms with Gasteiger partial charge in [-0.15, -0.1) is 0 Å². The first-order chi connectivity index (χ1) is 5.91. The van der Waals surface area contributed by atoms with Crippen molar-refractivity contribution < 1.29 is 52.7 Å². The second-order valence-electron chi connectivity index (χ2n) is 1.44. The van der Waals surface area contributed by atoms with Gasteiger partial charge < -0.3 is 9.79 Å². The van der Waals surface area contributed by atoms with Gasteiger partial charge >= 0.3 is 15.6 Å². The number of rotatable bonds is 0. The average Bonchev–Trinajstić information content (AvgIpc) is 1.97. The maximum Gasteiger partial charge on any atom is 0.510 e. The maximum atomic E-state index is 10.6. The quantitative estimate of drug-likeness (QED) is 0.432. The molecule has 0 bridgehead atoms. The molecule has 1 fully saturated rings. The third-order valence-corrected chi connectivity index (χ3v) is 2.69. The van der Waals surface area contributed by atoms with E-state index in [4.69, 9.17) is 9.79 Å². The number of hydrogen-bond acceptors (Lipinski definition) is 9. The first kappa shape index (κ1) is 11.2. The zero-order valence-corrected chi connectivity index (χ0v) is 7.25. The normalized spacial score (nSPS) is 43.2. The van der Waals surface area contributed by atoms with Crippen molar-refractivity contribution in [3.05, 3.63) is 0 Å². The van der Waals surface area contributed by atoms with Crippen LogP contribution in [0.4, 0.5) is 0 Å². The SMILES string of the molecule is O=P1(O)OOOOOOP(=O)(O)O1. The minimum Gasteiger partial charge on any atom is -0.301 e. The Morgan fingerprint density at radius 2 is 1.15 bits per heavy atom. The van der Waals surface area contributed by atoms with Crippen LogP contribution in [0.5, 0.6) is 0 Å². The lowest BCUT2D eigenvalue weighted by atomic mass is 14.2. The fourth-order valence-corrected chi connectivity index (χ4v) is 1.75. The van der Waals surface area contributed by atoms with Crippen LogP contribution in [-0.2, 0) is 42.9 Å². The lowest BCUT2D eigenvalue weighted by Gasteiger charge is -2.08. The summed E-state index contributed by atoms with van der Waals surface area (Å²) in [5.74, 6) is 0. The molecule has 0 radical (unpaired) electrons. The van der Waals surface area contributed by atoms with Crippen molar-refractivity contribution in [3.63, 3.8) is 0 Å². The Kier molecular flexibility index (Phi) is 3.51. The molecule has 0 amide bonds. The van der Waals surface area contributed by atoms with E-state index in [-0.39, 0.29) is 0 Å². The van der Waals surface area contributed by atoms with Gasteiger partial charge in [0, 0.05) is 0 Å². The van der Waals surface area contributed by atoms with Crippen LogP contribution in [0, 0.1) is 0 Å². The van der Waals surface area contributed by atoms with E-state index in [2.05, 4.69) is 33.8 Å². The third kappa shape index (κ3) is 4.22. The molecule has 13 heteroatoms. The van der Waals surface area contributed by atoms with E-state index in [1.54, 1.807) is 0 Å². The molecular formula is H2O11P2. The molecular weight excluding hydrogens is 238 g/mol. The maximum absolute atomic E-state index is 10.6. The standard InChI is InChI=1S/H2O11P2/c1-12(2)9-7-5-6-8-10-13(3,4)11-12/h(H,1,2)(H,3,4). The predicted octanol–water partition coefficient (Wildman–Crippen LogP) is -0.108. The van der Waals surface area contributed by atoms with Gasteiger partial charge in [-0.05, 0) is 20.2 Å². The lowest BCUT2D eigenvalue weighted by Crippen LogP contribution is -1.94. The van der Waals surface area contributed by atoms with Crippen molar-refractivity contribution in [2.24, 2.45) is 0 Å². The van der Waals surface area contributed by atoms with E-state index in [0.717, 1.165) is 0 Å². The first-order valence-corrected chi connectivity index (χ1v) is 5.32. The molecule has 78 valence electrons. The van der Waals surface area contributed by atoms with E-state index < -0.39 is 15.6 Å². The summed E-state index contributed by atoms with van der Waals surface area (Å²) in [6, 6.07) is 0. The molecule has 1 aliphatic rings. The molecule has 1 aliphatic heterocycles. The van der Waals surface area contributed by atoms with Gasteiger partial charge in [0.2, 0.25) is 0 Å². The Morgan fingerprint density at radius 3 is 1.54 bits per heavy atom. The van der Waals surface area contributed by atoms with Crippen molar-refractivity contribution in [1.29, 1.82) is 0 Å². The Balaban J connectivity index is 2.71. The minimum atomic E-state index is -4.95. The van der Waals surface area contributed by atoms with Gasteiger partial charge in [-0.25, -0.2) is 9.13 Å². The highest BCUT2D eigenvalue weighted by atomic mass is 31.3. The van der Waals surface area contributed by atoms with Crippen LogP contribution < -0.4 is 0 Å². The van der Waals surface area contributed by atoms with Crippen molar-refractivity contribution in [3.8, 4) is 0 Å². The van der Waals surface area contributed by atoms with Gasteiger partial charge in [-0.3, -0.25) is 0 Å². The van der Waals surface area contributed by atoms with Crippen LogP contribution in [0.3, 0.4) is 0 Å². The monoisotopic (exact) mass is 240 g/mol. The summed E-state index contributed by atoms with van der Waals surface area (Å²) < 4.78 is 31.5. The number of phosphoric acid groups is 2. The molecule has 1 rings (SSSR count). The van der Waals surface area contributed by atoms with Crippen molar-refractivity contribution in [2.75, 3.05) is 0 Å². The molecule has 0 spiro atoms. The van der Waals surface area contributed by atoms with Gasteiger partial charge in [0.15, 0.2) is 0 Å².